The zero-order valence-electron chi connectivity index (χ0n) is 6.63. The standard InChI is InChI=1S/C7H9N3O2/c1-12-7(11)6(8)2-5-3-9-4-10-5/h3-4,8H,2H2,1H3,(H,9,10). The summed E-state index contributed by atoms with van der Waals surface area (Å²) >= 11 is 0. The van der Waals surface area contributed by atoms with E-state index >= 15 is 0 Å². The number of H-pyrrole nitrogens is 1. The van der Waals surface area contributed by atoms with Crippen molar-refractivity contribution in [2.24, 2.45) is 0 Å². The number of methoxy groups -OCH3 is 1. The Balaban J connectivity index is 2.53. The highest BCUT2D eigenvalue weighted by Gasteiger charge is 2.10. The van der Waals surface area contributed by atoms with Gasteiger partial charge in [-0.3, -0.25) is 5.41 Å². The third-order valence-electron chi connectivity index (χ3n) is 1.34. The number of carbonyl (C=O) groups excluding carboxylic acids is 1. The van der Waals surface area contributed by atoms with Gasteiger partial charge in [0, 0.05) is 12.6 Å². The number of carbonyl (C=O) groups is 1. The summed E-state index contributed by atoms with van der Waals surface area (Å²) in [5.41, 5.74) is 0.565. The number of hydrogen-bond donors (Lipinski definition) is 2. The predicted molar refractivity (Wildman–Crippen MR) is 42.0 cm³/mol. The number of nitrogens with one attached hydrogen (secondary N) is 2. The Morgan fingerprint density at radius 3 is 3.08 bits per heavy atom. The Bertz CT molecular complexity index is 279. The SMILES string of the molecule is COC(=O)C(=N)Cc1c[nH]cn1. The van der Waals surface area contributed by atoms with E-state index in [-0.39, 0.29) is 12.1 Å². The van der Waals surface area contributed by atoms with Crippen molar-refractivity contribution < 1.29 is 9.53 Å². The van der Waals surface area contributed by atoms with Crippen molar-refractivity contribution in [1.82, 2.24) is 9.97 Å². The molecule has 12 heavy (non-hydrogen) atoms. The van der Waals surface area contributed by atoms with Crippen LogP contribution in [0.25, 0.3) is 0 Å². The number of aromatic nitrogens is 2. The summed E-state index contributed by atoms with van der Waals surface area (Å²) in [7, 11) is 1.25. The highest BCUT2D eigenvalue weighted by Crippen LogP contribution is 1.94. The summed E-state index contributed by atoms with van der Waals surface area (Å²) in [4.78, 5) is 17.4. The van der Waals surface area contributed by atoms with Crippen LogP contribution in [-0.4, -0.2) is 28.8 Å². The number of rotatable bonds is 3. The number of ether oxygens (including phenoxy) is 1. The fourth-order valence-corrected chi connectivity index (χ4v) is 0.764. The van der Waals surface area contributed by atoms with Crippen LogP contribution in [0, 0.1) is 5.41 Å². The van der Waals surface area contributed by atoms with Crippen LogP contribution in [0.4, 0.5) is 0 Å². The van der Waals surface area contributed by atoms with Gasteiger partial charge in [-0.15, -0.1) is 0 Å². The van der Waals surface area contributed by atoms with Crippen LogP contribution in [0.15, 0.2) is 12.5 Å². The molecule has 0 aliphatic carbocycles. The van der Waals surface area contributed by atoms with Crippen molar-refractivity contribution >= 4 is 11.7 Å². The summed E-state index contributed by atoms with van der Waals surface area (Å²) in [5.74, 6) is -0.613. The highest BCUT2D eigenvalue weighted by molar-refractivity contribution is 6.35. The summed E-state index contributed by atoms with van der Waals surface area (Å²) in [5, 5.41) is 7.24. The van der Waals surface area contributed by atoms with Gasteiger partial charge in [-0.25, -0.2) is 9.78 Å². The average molecular weight is 167 g/mol. The smallest absolute Gasteiger partial charge is 0.352 e. The van der Waals surface area contributed by atoms with Gasteiger partial charge in [0.25, 0.3) is 0 Å². The maximum Gasteiger partial charge on any atom is 0.352 e. The largest absolute Gasteiger partial charge is 0.465 e. The van der Waals surface area contributed by atoms with Gasteiger partial charge >= 0.3 is 5.97 Å². The molecule has 1 heterocycles. The number of nitrogens with zero attached hydrogens (tertiary/aromatic N) is 1. The lowest BCUT2D eigenvalue weighted by Crippen LogP contribution is -2.17. The molecule has 0 amide bonds. The van der Waals surface area contributed by atoms with Crippen molar-refractivity contribution in [3.05, 3.63) is 18.2 Å². The van der Waals surface area contributed by atoms with Crippen molar-refractivity contribution in [1.29, 1.82) is 5.41 Å². The van der Waals surface area contributed by atoms with Crippen LogP contribution in [0.5, 0.6) is 0 Å². The molecule has 0 aliphatic heterocycles. The molecule has 0 atom stereocenters. The van der Waals surface area contributed by atoms with E-state index in [9.17, 15) is 4.79 Å². The average Bonchev–Trinajstić information content (AvgIpc) is 2.55. The van der Waals surface area contributed by atoms with Crippen LogP contribution in [-0.2, 0) is 16.0 Å². The van der Waals surface area contributed by atoms with Crippen LogP contribution in [0.2, 0.25) is 0 Å². The maximum absolute atomic E-state index is 10.8. The summed E-state index contributed by atoms with van der Waals surface area (Å²) in [6.07, 6.45) is 3.34. The Morgan fingerprint density at radius 2 is 2.58 bits per heavy atom. The molecule has 0 unspecified atom stereocenters. The normalized spacial score (nSPS) is 9.42. The van der Waals surface area contributed by atoms with Crippen LogP contribution >= 0.6 is 0 Å². The first-order valence-electron chi connectivity index (χ1n) is 3.37. The van der Waals surface area contributed by atoms with E-state index in [4.69, 9.17) is 5.41 Å². The third kappa shape index (κ3) is 1.91. The molecule has 1 aromatic heterocycles. The van der Waals surface area contributed by atoms with Gasteiger partial charge in [-0.1, -0.05) is 0 Å². The van der Waals surface area contributed by atoms with E-state index in [2.05, 4.69) is 14.7 Å². The molecule has 1 aromatic rings. The molecule has 0 radical (unpaired) electrons. The quantitative estimate of drug-likeness (QED) is 0.496. The van der Waals surface area contributed by atoms with Crippen molar-refractivity contribution in [3.8, 4) is 0 Å². The van der Waals surface area contributed by atoms with Gasteiger partial charge in [-0.05, 0) is 0 Å². The lowest BCUT2D eigenvalue weighted by molar-refractivity contribution is -0.132. The highest BCUT2D eigenvalue weighted by atomic mass is 16.5. The number of hydrogen-bond acceptors (Lipinski definition) is 4. The summed E-state index contributed by atoms with van der Waals surface area (Å²) in [6, 6.07) is 0. The van der Waals surface area contributed by atoms with E-state index < -0.39 is 5.97 Å². The topological polar surface area (TPSA) is 78.8 Å². The molecular formula is C7H9N3O2. The fraction of sp³-hybridized carbons (Fsp3) is 0.286. The monoisotopic (exact) mass is 167 g/mol. The van der Waals surface area contributed by atoms with Gasteiger partial charge < -0.3 is 9.72 Å². The lowest BCUT2D eigenvalue weighted by atomic mass is 10.2. The molecule has 5 nitrogen and oxygen atoms in total. The van der Waals surface area contributed by atoms with Crippen LogP contribution < -0.4 is 0 Å². The van der Waals surface area contributed by atoms with Gasteiger partial charge in [-0.2, -0.15) is 0 Å². The maximum atomic E-state index is 10.8. The Morgan fingerprint density at radius 1 is 1.83 bits per heavy atom. The molecule has 0 fully saturated rings. The molecule has 0 spiro atoms. The first-order chi connectivity index (χ1) is 5.74. The van der Waals surface area contributed by atoms with Crippen molar-refractivity contribution in [2.45, 2.75) is 6.42 Å². The first kappa shape index (κ1) is 8.45. The second-order valence-electron chi connectivity index (χ2n) is 2.21. The molecule has 64 valence electrons. The van der Waals surface area contributed by atoms with Gasteiger partial charge in [0.15, 0.2) is 0 Å². The predicted octanol–water partition coefficient (Wildman–Crippen LogP) is 0.145. The van der Waals surface area contributed by atoms with Crippen LogP contribution in [0.3, 0.4) is 0 Å². The zero-order chi connectivity index (χ0) is 8.97. The molecule has 1 rings (SSSR count). The number of esters is 1. The van der Waals surface area contributed by atoms with Gasteiger partial charge in [0.2, 0.25) is 0 Å². The van der Waals surface area contributed by atoms with E-state index in [1.54, 1.807) is 6.20 Å². The van der Waals surface area contributed by atoms with Crippen LogP contribution in [0.1, 0.15) is 5.69 Å². The zero-order valence-corrected chi connectivity index (χ0v) is 6.63. The molecule has 0 saturated carbocycles. The van der Waals surface area contributed by atoms with E-state index in [1.165, 1.54) is 13.4 Å². The first-order valence-corrected chi connectivity index (χ1v) is 3.37. The fourth-order valence-electron chi connectivity index (χ4n) is 0.764. The lowest BCUT2D eigenvalue weighted by Gasteiger charge is -1.97. The minimum Gasteiger partial charge on any atom is -0.465 e. The molecule has 0 aromatic carbocycles. The second-order valence-corrected chi connectivity index (χ2v) is 2.21. The van der Waals surface area contributed by atoms with E-state index in [1.807, 2.05) is 0 Å². The minimum absolute atomic E-state index is 0.0930. The van der Waals surface area contributed by atoms with Crippen molar-refractivity contribution in [3.63, 3.8) is 0 Å². The van der Waals surface area contributed by atoms with Gasteiger partial charge in [0.05, 0.1) is 19.1 Å². The summed E-state index contributed by atoms with van der Waals surface area (Å²) < 4.78 is 4.36. The molecule has 0 saturated heterocycles. The van der Waals surface area contributed by atoms with E-state index in [0.29, 0.717) is 5.69 Å². The Hall–Kier alpha value is -1.65. The number of aromatic amines is 1. The van der Waals surface area contributed by atoms with Gasteiger partial charge in [0.1, 0.15) is 5.71 Å². The second kappa shape index (κ2) is 3.66. The van der Waals surface area contributed by atoms with E-state index in [0.717, 1.165) is 0 Å². The molecule has 2 N–H and O–H groups in total. The minimum atomic E-state index is -0.613. The molecular weight excluding hydrogens is 158 g/mol. The Labute approximate surface area is 69.3 Å². The number of imidazole rings is 1. The third-order valence-corrected chi connectivity index (χ3v) is 1.34. The molecule has 5 heteroatoms. The molecule has 0 bridgehead atoms. The van der Waals surface area contributed by atoms with Crippen molar-refractivity contribution in [2.75, 3.05) is 7.11 Å². The Kier molecular flexibility index (Phi) is 2.57. The summed E-state index contributed by atoms with van der Waals surface area (Å²) in [6.45, 7) is 0. The molecule has 0 aliphatic rings.